The lowest BCUT2D eigenvalue weighted by Gasteiger charge is -2.48. The van der Waals surface area contributed by atoms with Crippen LogP contribution in [0.1, 0.15) is 57.4 Å². The van der Waals surface area contributed by atoms with E-state index in [1.807, 2.05) is 25.1 Å². The average molecular weight is 486 g/mol. The number of ether oxygens (including phenoxy) is 1. The quantitative estimate of drug-likeness (QED) is 0.464. The molecular formula is C27H35NO7. The summed E-state index contributed by atoms with van der Waals surface area (Å²) in [6.45, 7) is 4.02. The van der Waals surface area contributed by atoms with Gasteiger partial charge in [-0.2, -0.15) is 0 Å². The molecule has 8 nitrogen and oxygen atoms in total. The molecule has 3 unspecified atom stereocenters. The Balaban J connectivity index is 0.000000371. The molecule has 0 radical (unpaired) electrons. The third-order valence-electron chi connectivity index (χ3n) is 7.59. The fourth-order valence-corrected chi connectivity index (χ4v) is 5.87. The van der Waals surface area contributed by atoms with E-state index in [0.29, 0.717) is 36.5 Å². The number of carboxylic acids is 2. The lowest BCUT2D eigenvalue weighted by atomic mass is 9.67. The third kappa shape index (κ3) is 6.36. The molecule has 4 rings (SSSR count). The molecule has 0 aromatic heterocycles. The van der Waals surface area contributed by atoms with Gasteiger partial charge in [-0.1, -0.05) is 36.8 Å². The smallest absolute Gasteiger partial charge is 0.328 e. The largest absolute Gasteiger partial charge is 0.478 e. The summed E-state index contributed by atoms with van der Waals surface area (Å²) in [6, 6.07) is 10.5. The van der Waals surface area contributed by atoms with Crippen LogP contribution in [0.15, 0.2) is 42.5 Å². The first-order valence-electron chi connectivity index (χ1n) is 12.4. The zero-order valence-electron chi connectivity index (χ0n) is 20.2. The van der Waals surface area contributed by atoms with E-state index >= 15 is 0 Å². The molecule has 2 saturated carbocycles. The maximum Gasteiger partial charge on any atom is 0.328 e. The minimum atomic E-state index is -1.26. The minimum Gasteiger partial charge on any atom is -0.478 e. The normalized spacial score (nSPS) is 25.9. The summed E-state index contributed by atoms with van der Waals surface area (Å²) < 4.78 is 5.49. The fraction of sp³-hybridized carbons (Fsp3) is 0.556. The van der Waals surface area contributed by atoms with Crippen LogP contribution >= 0.6 is 0 Å². The summed E-state index contributed by atoms with van der Waals surface area (Å²) in [5, 5.41) is 15.6. The Morgan fingerprint density at radius 3 is 2.20 bits per heavy atom. The Bertz CT molecular complexity index is 918. The van der Waals surface area contributed by atoms with E-state index in [4.69, 9.17) is 14.9 Å². The van der Waals surface area contributed by atoms with Crippen LogP contribution < -0.4 is 0 Å². The highest BCUT2D eigenvalue weighted by Gasteiger charge is 2.48. The van der Waals surface area contributed by atoms with Crippen molar-refractivity contribution < 1.29 is 34.1 Å². The van der Waals surface area contributed by atoms with Gasteiger partial charge in [-0.3, -0.25) is 14.5 Å². The van der Waals surface area contributed by atoms with Gasteiger partial charge in [0, 0.05) is 30.0 Å². The predicted molar refractivity (Wildman–Crippen MR) is 129 cm³/mol. The predicted octanol–water partition coefficient (Wildman–Crippen LogP) is 3.44. The van der Waals surface area contributed by atoms with Crippen LogP contribution in [0.5, 0.6) is 0 Å². The number of fused-ring (bicyclic) bond motifs is 2. The summed E-state index contributed by atoms with van der Waals surface area (Å²) in [7, 11) is 0. The Kier molecular flexibility index (Phi) is 9.20. The van der Waals surface area contributed by atoms with E-state index < -0.39 is 17.4 Å². The Morgan fingerprint density at radius 2 is 1.63 bits per heavy atom. The lowest BCUT2D eigenvalue weighted by molar-refractivity contribution is -0.153. The number of carboxylic acid groups (broad SMARTS) is 2. The number of aliphatic carboxylic acids is 2. The van der Waals surface area contributed by atoms with Gasteiger partial charge in [-0.05, 0) is 64.1 Å². The van der Waals surface area contributed by atoms with Crippen LogP contribution in [0.4, 0.5) is 0 Å². The molecule has 1 aromatic rings. The molecule has 3 fully saturated rings. The van der Waals surface area contributed by atoms with Gasteiger partial charge >= 0.3 is 17.9 Å². The average Bonchev–Trinajstić information content (AvgIpc) is 2.84. The molecule has 1 saturated heterocycles. The number of rotatable bonds is 6. The van der Waals surface area contributed by atoms with Crippen LogP contribution in [0, 0.1) is 11.8 Å². The number of hydrogen-bond acceptors (Lipinski definition) is 6. The molecule has 35 heavy (non-hydrogen) atoms. The second-order valence-corrected chi connectivity index (χ2v) is 9.50. The molecule has 2 bridgehead atoms. The van der Waals surface area contributed by atoms with Crippen LogP contribution in [0.3, 0.4) is 0 Å². The fourth-order valence-electron chi connectivity index (χ4n) is 5.87. The summed E-state index contributed by atoms with van der Waals surface area (Å²) in [4.78, 5) is 47.2. The van der Waals surface area contributed by atoms with Gasteiger partial charge < -0.3 is 14.9 Å². The number of likely N-dealkylation sites (tertiary alicyclic amines) is 1. The Hall–Kier alpha value is -3.00. The van der Waals surface area contributed by atoms with Crippen LogP contribution in [0.25, 0.3) is 0 Å². The number of piperidine rings is 1. The van der Waals surface area contributed by atoms with Crippen molar-refractivity contribution in [3.05, 3.63) is 48.0 Å². The van der Waals surface area contributed by atoms with Crippen molar-refractivity contribution >= 4 is 23.7 Å². The van der Waals surface area contributed by atoms with Gasteiger partial charge in [0.1, 0.15) is 5.78 Å². The number of carbonyl (C=O) groups is 4. The number of hydrogen-bond donors (Lipinski definition) is 2. The Labute approximate surface area is 206 Å². The number of esters is 1. The highest BCUT2D eigenvalue weighted by molar-refractivity contribution is 5.89. The van der Waals surface area contributed by atoms with Crippen molar-refractivity contribution in [2.45, 2.75) is 63.3 Å². The first kappa shape index (κ1) is 26.6. The zero-order valence-corrected chi connectivity index (χ0v) is 20.2. The van der Waals surface area contributed by atoms with Crippen LogP contribution in [-0.4, -0.2) is 64.5 Å². The third-order valence-corrected chi connectivity index (χ3v) is 7.59. The number of carbonyl (C=O) groups excluding carboxylic acids is 2. The summed E-state index contributed by atoms with van der Waals surface area (Å²) >= 11 is 0. The van der Waals surface area contributed by atoms with Crippen LogP contribution in [0.2, 0.25) is 0 Å². The van der Waals surface area contributed by atoms with Crippen molar-refractivity contribution in [2.24, 2.45) is 11.8 Å². The van der Waals surface area contributed by atoms with E-state index in [9.17, 15) is 19.2 Å². The van der Waals surface area contributed by atoms with Gasteiger partial charge in [-0.25, -0.2) is 9.59 Å². The van der Waals surface area contributed by atoms with Crippen molar-refractivity contribution in [3.63, 3.8) is 0 Å². The molecule has 3 atom stereocenters. The maximum absolute atomic E-state index is 12.9. The van der Waals surface area contributed by atoms with Crippen molar-refractivity contribution in [3.8, 4) is 0 Å². The van der Waals surface area contributed by atoms with Gasteiger partial charge in [0.25, 0.3) is 0 Å². The first-order chi connectivity index (χ1) is 16.8. The topological polar surface area (TPSA) is 121 Å². The van der Waals surface area contributed by atoms with E-state index in [0.717, 1.165) is 57.2 Å². The number of ketones is 1. The first-order valence-corrected chi connectivity index (χ1v) is 12.4. The van der Waals surface area contributed by atoms with Crippen molar-refractivity contribution in [1.82, 2.24) is 4.90 Å². The zero-order chi connectivity index (χ0) is 25.4. The highest BCUT2D eigenvalue weighted by Crippen LogP contribution is 2.43. The molecule has 0 amide bonds. The number of benzene rings is 1. The summed E-state index contributed by atoms with van der Waals surface area (Å²) in [5.74, 6) is -1.53. The van der Waals surface area contributed by atoms with Gasteiger partial charge in [0.2, 0.25) is 0 Å². The van der Waals surface area contributed by atoms with Gasteiger partial charge in [-0.15, -0.1) is 0 Å². The molecule has 1 heterocycles. The standard InChI is InChI=1S/C23H31NO3.C4H4O4/c1-2-27-22(26)23(18-8-4-3-5-9-18)13-15-24(16-14-23)20-12-11-17-7-6-10-19(20)21(17)25;5-3(6)1-2-4(7)8/h3-5,8-9,17,19-20H,2,6-7,10-16H2,1H3;1-2H,(H,5,6)(H,7,8)/b;2-1-. The maximum atomic E-state index is 12.9. The van der Waals surface area contributed by atoms with Gasteiger partial charge in [0.05, 0.1) is 12.0 Å². The summed E-state index contributed by atoms with van der Waals surface area (Å²) in [6.07, 6.45) is 8.21. The highest BCUT2D eigenvalue weighted by atomic mass is 16.5. The second-order valence-electron chi connectivity index (χ2n) is 9.50. The molecule has 2 N–H and O–H groups in total. The number of Topliss-reactive ketones (excluding diaryl/α,β-unsaturated/α-hetero) is 1. The molecule has 1 aliphatic heterocycles. The van der Waals surface area contributed by atoms with Crippen molar-refractivity contribution in [2.75, 3.05) is 19.7 Å². The lowest BCUT2D eigenvalue weighted by Crippen LogP contribution is -2.56. The molecule has 1 aromatic carbocycles. The molecule has 3 aliphatic rings. The monoisotopic (exact) mass is 485 g/mol. The molecule has 2 aliphatic carbocycles. The van der Waals surface area contributed by atoms with Crippen LogP contribution in [-0.2, 0) is 29.3 Å². The van der Waals surface area contributed by atoms with E-state index in [1.54, 1.807) is 0 Å². The second kappa shape index (κ2) is 12.1. The number of nitrogens with zero attached hydrogens (tertiary/aromatic N) is 1. The van der Waals surface area contributed by atoms with E-state index in [2.05, 4.69) is 17.0 Å². The van der Waals surface area contributed by atoms with E-state index in [1.165, 1.54) is 6.42 Å². The summed E-state index contributed by atoms with van der Waals surface area (Å²) in [5.41, 5.74) is 0.530. The molecule has 190 valence electrons. The SMILES string of the molecule is CCOC(=O)C1(c2ccccc2)CCN(C2CCC3CCCC2C3=O)CC1.O=C(O)/C=C\C(=O)O. The molecule has 8 heteroatoms. The van der Waals surface area contributed by atoms with Gasteiger partial charge in [0.15, 0.2) is 0 Å². The minimum absolute atomic E-state index is 0.0895. The molecular weight excluding hydrogens is 450 g/mol. The van der Waals surface area contributed by atoms with Crippen molar-refractivity contribution in [1.29, 1.82) is 0 Å². The van der Waals surface area contributed by atoms with E-state index in [-0.39, 0.29) is 11.9 Å². The molecule has 0 spiro atoms. The Morgan fingerprint density at radius 1 is 1.00 bits per heavy atom.